The highest BCUT2D eigenvalue weighted by Gasteiger charge is 2.60. The van der Waals surface area contributed by atoms with Gasteiger partial charge in [-0.05, 0) is 43.2 Å². The summed E-state index contributed by atoms with van der Waals surface area (Å²) in [7, 11) is 1.60. The fourth-order valence-electron chi connectivity index (χ4n) is 4.13. The normalized spacial score (nSPS) is 24.4. The fourth-order valence-corrected chi connectivity index (χ4v) is 4.13. The van der Waals surface area contributed by atoms with Crippen LogP contribution in [0.3, 0.4) is 0 Å². The van der Waals surface area contributed by atoms with Crippen LogP contribution < -0.4 is 9.75 Å². The van der Waals surface area contributed by atoms with Gasteiger partial charge in [0.25, 0.3) is 5.91 Å². The van der Waals surface area contributed by atoms with E-state index in [1.54, 1.807) is 14.0 Å². The van der Waals surface area contributed by atoms with Crippen molar-refractivity contribution in [3.05, 3.63) is 72.3 Å². The van der Waals surface area contributed by atoms with Crippen LogP contribution in [0.1, 0.15) is 24.8 Å². The Morgan fingerprint density at radius 1 is 1.07 bits per heavy atom. The molecule has 2 atom stereocenters. The van der Waals surface area contributed by atoms with E-state index in [0.29, 0.717) is 23.6 Å². The molecule has 27 heavy (non-hydrogen) atoms. The molecule has 2 aliphatic rings. The number of hydrogen-bond donors (Lipinski definition) is 0. The van der Waals surface area contributed by atoms with E-state index in [4.69, 9.17) is 4.74 Å². The molecule has 1 aliphatic heterocycles. The third kappa shape index (κ3) is 2.42. The van der Waals surface area contributed by atoms with Crippen molar-refractivity contribution in [2.75, 3.05) is 12.1 Å². The Morgan fingerprint density at radius 3 is 2.52 bits per heavy atom. The lowest BCUT2D eigenvalue weighted by atomic mass is 9.62. The molecule has 0 unspecified atom stereocenters. The number of carbonyl (C=O) groups is 2. The minimum absolute atomic E-state index is 0.227. The molecule has 5 nitrogen and oxygen atoms in total. The number of para-hydroxylation sites is 2. The van der Waals surface area contributed by atoms with Gasteiger partial charge in [0, 0.05) is 5.92 Å². The molecule has 4 rings (SSSR count). The van der Waals surface area contributed by atoms with Crippen LogP contribution in [0.5, 0.6) is 5.75 Å². The van der Waals surface area contributed by atoms with E-state index in [1.807, 2.05) is 60.7 Å². The molecule has 2 aromatic carbocycles. The molecule has 2 aromatic rings. The Hall–Kier alpha value is -3.21. The number of carbonyl (C=O) groups excluding carboxylic acids is 2. The number of allylic oxidation sites excluding steroid dienone is 2. The average molecular weight is 360 g/mol. The average Bonchev–Trinajstić information content (AvgIpc) is 2.97. The molecule has 1 heterocycles. The predicted molar refractivity (Wildman–Crippen MR) is 104 cm³/mol. The first kappa shape index (κ1) is 17.2. The van der Waals surface area contributed by atoms with Crippen molar-refractivity contribution in [3.8, 4) is 5.75 Å². The maximum absolute atomic E-state index is 13.6. The maximum atomic E-state index is 13.6. The second-order valence-electron chi connectivity index (χ2n) is 6.74. The summed E-state index contributed by atoms with van der Waals surface area (Å²) in [4.78, 5) is 26.7. The van der Waals surface area contributed by atoms with Gasteiger partial charge in [-0.2, -0.15) is 10.1 Å². The number of hydrogen-bond acceptors (Lipinski definition) is 4. The van der Waals surface area contributed by atoms with Gasteiger partial charge >= 0.3 is 0 Å². The maximum Gasteiger partial charge on any atom is 0.267 e. The number of anilines is 1. The van der Waals surface area contributed by atoms with Crippen LogP contribution >= 0.6 is 0 Å². The minimum Gasteiger partial charge on any atom is -0.496 e. The van der Waals surface area contributed by atoms with Gasteiger partial charge in [0.1, 0.15) is 5.75 Å². The highest BCUT2D eigenvalue weighted by molar-refractivity contribution is 6.34. The van der Waals surface area contributed by atoms with Gasteiger partial charge in [-0.25, -0.2) is 0 Å². The minimum atomic E-state index is -1.33. The van der Waals surface area contributed by atoms with Gasteiger partial charge in [-0.3, -0.25) is 9.59 Å². The Bertz CT molecular complexity index is 965. The van der Waals surface area contributed by atoms with Crippen molar-refractivity contribution in [3.63, 3.8) is 0 Å². The third-order valence-electron chi connectivity index (χ3n) is 5.42. The topological polar surface area (TPSA) is 59.0 Å². The molecular formula is C22H20N2O3. The molecule has 0 fully saturated rings. The summed E-state index contributed by atoms with van der Waals surface area (Å²) >= 11 is 0. The van der Waals surface area contributed by atoms with Crippen LogP contribution in [-0.4, -0.2) is 24.5 Å². The monoisotopic (exact) mass is 360 g/mol. The van der Waals surface area contributed by atoms with Crippen LogP contribution in [0.4, 0.5) is 5.69 Å². The van der Waals surface area contributed by atoms with Crippen LogP contribution in [0, 0.1) is 5.41 Å². The number of ether oxygens (including phenoxy) is 1. The van der Waals surface area contributed by atoms with Gasteiger partial charge in [-0.15, -0.1) is 0 Å². The smallest absolute Gasteiger partial charge is 0.267 e. The number of hydrazone groups is 1. The number of rotatable bonds is 3. The molecular weight excluding hydrogens is 340 g/mol. The number of amides is 1. The summed E-state index contributed by atoms with van der Waals surface area (Å²) in [5.74, 6) is -0.231. The van der Waals surface area contributed by atoms with Gasteiger partial charge < -0.3 is 4.74 Å². The first-order chi connectivity index (χ1) is 13.1. The molecule has 0 N–H and O–H groups in total. The van der Waals surface area contributed by atoms with Crippen LogP contribution in [-0.2, 0) is 9.59 Å². The van der Waals surface area contributed by atoms with E-state index < -0.39 is 5.41 Å². The Morgan fingerprint density at radius 2 is 1.78 bits per heavy atom. The fraction of sp³-hybridized carbons (Fsp3) is 0.227. The van der Waals surface area contributed by atoms with Crippen molar-refractivity contribution < 1.29 is 14.3 Å². The molecule has 0 bridgehead atoms. The third-order valence-corrected chi connectivity index (χ3v) is 5.42. The second-order valence-corrected chi connectivity index (χ2v) is 6.74. The van der Waals surface area contributed by atoms with Gasteiger partial charge in [0.05, 0.1) is 18.5 Å². The molecule has 136 valence electrons. The van der Waals surface area contributed by atoms with Crippen molar-refractivity contribution >= 4 is 23.1 Å². The summed E-state index contributed by atoms with van der Waals surface area (Å²) in [5, 5.41) is 5.86. The SMILES string of the molecule is COc1ccccc1[C@H]1CC=CC(=O)[C@@]12C(=O)N(c1ccccc1)N=C2C. The Kier molecular flexibility index (Phi) is 4.15. The lowest BCUT2D eigenvalue weighted by Crippen LogP contribution is -2.50. The quantitative estimate of drug-likeness (QED) is 0.784. The van der Waals surface area contributed by atoms with Gasteiger partial charge in [0.15, 0.2) is 11.2 Å². The van der Waals surface area contributed by atoms with E-state index >= 15 is 0 Å². The van der Waals surface area contributed by atoms with E-state index in [0.717, 1.165) is 5.56 Å². The van der Waals surface area contributed by atoms with Gasteiger partial charge in [-0.1, -0.05) is 42.5 Å². The standard InChI is InChI=1S/C22H20N2O3/c1-15-22(21(26)24(23-15)16-9-4-3-5-10-16)18(12-8-14-20(22)25)17-11-6-7-13-19(17)27-2/h3-11,13-14,18H,12H2,1-2H3/t18-,22+/m1/s1. The Labute approximate surface area is 157 Å². The Balaban J connectivity index is 1.88. The zero-order chi connectivity index (χ0) is 19.0. The zero-order valence-corrected chi connectivity index (χ0v) is 15.3. The molecule has 0 saturated carbocycles. The lowest BCUT2D eigenvalue weighted by molar-refractivity contribution is -0.134. The number of methoxy groups -OCH3 is 1. The molecule has 1 amide bonds. The summed E-state index contributed by atoms with van der Waals surface area (Å²) in [6.45, 7) is 1.76. The van der Waals surface area contributed by atoms with Crippen LogP contribution in [0.2, 0.25) is 0 Å². The zero-order valence-electron chi connectivity index (χ0n) is 15.3. The van der Waals surface area contributed by atoms with Crippen molar-refractivity contribution in [2.45, 2.75) is 19.3 Å². The summed E-state index contributed by atoms with van der Waals surface area (Å²) in [6, 6.07) is 16.7. The predicted octanol–water partition coefficient (Wildman–Crippen LogP) is 3.72. The molecule has 0 aromatic heterocycles. The molecule has 1 aliphatic carbocycles. The molecule has 0 saturated heterocycles. The first-order valence-corrected chi connectivity index (χ1v) is 8.90. The lowest BCUT2D eigenvalue weighted by Gasteiger charge is -2.36. The highest BCUT2D eigenvalue weighted by Crippen LogP contribution is 2.50. The van der Waals surface area contributed by atoms with Gasteiger partial charge in [0.2, 0.25) is 0 Å². The van der Waals surface area contributed by atoms with E-state index in [9.17, 15) is 9.59 Å². The number of ketones is 1. The largest absolute Gasteiger partial charge is 0.496 e. The first-order valence-electron chi connectivity index (χ1n) is 8.90. The van der Waals surface area contributed by atoms with E-state index in [-0.39, 0.29) is 17.6 Å². The second kappa shape index (κ2) is 6.50. The highest BCUT2D eigenvalue weighted by atomic mass is 16.5. The van der Waals surface area contributed by atoms with Crippen LogP contribution in [0.25, 0.3) is 0 Å². The summed E-state index contributed by atoms with van der Waals surface area (Å²) in [5.41, 5.74) is 0.677. The summed E-state index contributed by atoms with van der Waals surface area (Å²) in [6.07, 6.45) is 3.90. The van der Waals surface area contributed by atoms with Crippen molar-refractivity contribution in [1.82, 2.24) is 0 Å². The van der Waals surface area contributed by atoms with E-state index in [1.165, 1.54) is 11.1 Å². The van der Waals surface area contributed by atoms with Crippen LogP contribution in [0.15, 0.2) is 71.9 Å². The molecule has 0 radical (unpaired) electrons. The number of nitrogens with zero attached hydrogens (tertiary/aromatic N) is 2. The number of benzene rings is 2. The molecule has 5 heteroatoms. The summed E-state index contributed by atoms with van der Waals surface area (Å²) < 4.78 is 5.52. The van der Waals surface area contributed by atoms with Crippen molar-refractivity contribution in [2.24, 2.45) is 10.5 Å². The van der Waals surface area contributed by atoms with E-state index in [2.05, 4.69) is 5.10 Å². The van der Waals surface area contributed by atoms with Crippen molar-refractivity contribution in [1.29, 1.82) is 0 Å². The molecule has 1 spiro atoms.